The van der Waals surface area contributed by atoms with Crippen molar-refractivity contribution in [1.82, 2.24) is 9.88 Å². The van der Waals surface area contributed by atoms with Crippen molar-refractivity contribution in [1.29, 1.82) is 0 Å². The Balaban J connectivity index is 2.65. The Hall–Kier alpha value is -2.88. The van der Waals surface area contributed by atoms with Crippen LogP contribution < -0.4 is 5.73 Å². The molecule has 2 N–H and O–H groups in total. The number of carbonyl (C=O) groups is 1. The largest absolute Gasteiger partial charge is 0.398 e. The number of carbonyl (C=O) groups excluding carboxylic acids is 1. The van der Waals surface area contributed by atoms with E-state index in [0.29, 0.717) is 17.8 Å². The van der Waals surface area contributed by atoms with Crippen molar-refractivity contribution in [2.75, 3.05) is 7.05 Å². The van der Waals surface area contributed by atoms with E-state index in [1.807, 2.05) is 63.4 Å². The Morgan fingerprint density at radius 3 is 2.70 bits per heavy atom. The summed E-state index contributed by atoms with van der Waals surface area (Å²) in [5, 5.41) is 1.95. The van der Waals surface area contributed by atoms with E-state index < -0.39 is 0 Å². The quantitative estimate of drug-likeness (QED) is 0.560. The highest BCUT2D eigenvalue weighted by Crippen LogP contribution is 2.28. The van der Waals surface area contributed by atoms with Gasteiger partial charge in [0.25, 0.3) is 5.91 Å². The Labute approximate surface area is 162 Å². The molecule has 0 saturated carbocycles. The molecule has 1 unspecified atom stereocenters. The fraction of sp³-hybridized carbons (Fsp3) is 0.304. The highest BCUT2D eigenvalue weighted by Gasteiger charge is 2.20. The fourth-order valence-electron chi connectivity index (χ4n) is 2.93. The smallest absolute Gasteiger partial charge is 0.272 e. The molecule has 2 aromatic rings. The van der Waals surface area contributed by atoms with E-state index in [9.17, 15) is 4.79 Å². The normalized spacial score (nSPS) is 13.5. The lowest BCUT2D eigenvalue weighted by atomic mass is 10.00. The lowest BCUT2D eigenvalue weighted by molar-refractivity contribution is 0.0735. The summed E-state index contributed by atoms with van der Waals surface area (Å²) in [5.74, 6) is -0.0829. The van der Waals surface area contributed by atoms with E-state index in [2.05, 4.69) is 13.5 Å². The SMILES string of the molecule is C=CC/C=C(N)\C(=C/C)c1nc(C(=O)N(C)C(C)CC)cc2ccccc12. The first-order chi connectivity index (χ1) is 12.9. The zero-order valence-electron chi connectivity index (χ0n) is 16.7. The van der Waals surface area contributed by atoms with Crippen molar-refractivity contribution >= 4 is 22.3 Å². The number of fused-ring (bicyclic) bond motifs is 1. The molecule has 1 heterocycles. The molecule has 1 atom stereocenters. The zero-order valence-corrected chi connectivity index (χ0v) is 16.7. The first kappa shape index (κ1) is 20.4. The van der Waals surface area contributed by atoms with E-state index in [-0.39, 0.29) is 11.9 Å². The van der Waals surface area contributed by atoms with Crippen LogP contribution in [0.1, 0.15) is 49.8 Å². The number of nitrogens with zero attached hydrogens (tertiary/aromatic N) is 2. The number of nitrogens with two attached hydrogens (primary N) is 1. The summed E-state index contributed by atoms with van der Waals surface area (Å²) in [6.07, 6.45) is 7.22. The Kier molecular flexibility index (Phi) is 6.94. The topological polar surface area (TPSA) is 59.2 Å². The van der Waals surface area contributed by atoms with Crippen molar-refractivity contribution in [3.63, 3.8) is 0 Å². The molecule has 4 heteroatoms. The van der Waals surface area contributed by atoms with Crippen molar-refractivity contribution in [3.05, 3.63) is 72.2 Å². The molecule has 1 amide bonds. The third-order valence-corrected chi connectivity index (χ3v) is 4.89. The van der Waals surface area contributed by atoms with Crippen LogP contribution in [0.3, 0.4) is 0 Å². The van der Waals surface area contributed by atoms with Gasteiger partial charge in [0.1, 0.15) is 5.69 Å². The molecular formula is C23H29N3O. The minimum Gasteiger partial charge on any atom is -0.398 e. The molecule has 0 aliphatic heterocycles. The monoisotopic (exact) mass is 363 g/mol. The maximum absolute atomic E-state index is 13.0. The van der Waals surface area contributed by atoms with Crippen LogP contribution >= 0.6 is 0 Å². The highest BCUT2D eigenvalue weighted by molar-refractivity contribution is 6.01. The second-order valence-corrected chi connectivity index (χ2v) is 6.64. The first-order valence-electron chi connectivity index (χ1n) is 9.35. The number of amides is 1. The molecule has 0 bridgehead atoms. The summed E-state index contributed by atoms with van der Waals surface area (Å²) < 4.78 is 0. The van der Waals surface area contributed by atoms with Gasteiger partial charge < -0.3 is 10.6 Å². The van der Waals surface area contributed by atoms with Gasteiger partial charge in [-0.15, -0.1) is 6.58 Å². The minimum atomic E-state index is -0.0829. The zero-order chi connectivity index (χ0) is 20.0. The third-order valence-electron chi connectivity index (χ3n) is 4.89. The van der Waals surface area contributed by atoms with Crippen molar-refractivity contribution < 1.29 is 4.79 Å². The van der Waals surface area contributed by atoms with Crippen LogP contribution in [0, 0.1) is 0 Å². The molecule has 1 aromatic carbocycles. The lowest BCUT2D eigenvalue weighted by Gasteiger charge is -2.24. The summed E-state index contributed by atoms with van der Waals surface area (Å²) in [6.45, 7) is 9.77. The van der Waals surface area contributed by atoms with E-state index >= 15 is 0 Å². The van der Waals surface area contributed by atoms with Gasteiger partial charge in [-0.1, -0.05) is 49.4 Å². The molecule has 0 fully saturated rings. The molecule has 0 saturated heterocycles. The summed E-state index contributed by atoms with van der Waals surface area (Å²) in [4.78, 5) is 19.5. The highest BCUT2D eigenvalue weighted by atomic mass is 16.2. The number of allylic oxidation sites excluding steroid dienone is 4. The van der Waals surface area contributed by atoms with E-state index in [1.54, 1.807) is 11.0 Å². The van der Waals surface area contributed by atoms with E-state index in [1.165, 1.54) is 0 Å². The minimum absolute atomic E-state index is 0.0829. The molecule has 0 aliphatic carbocycles. The van der Waals surface area contributed by atoms with Gasteiger partial charge in [-0.3, -0.25) is 4.79 Å². The van der Waals surface area contributed by atoms with Crippen LogP contribution in [0.15, 0.2) is 60.8 Å². The summed E-state index contributed by atoms with van der Waals surface area (Å²) in [5.41, 5.74) is 8.93. The lowest BCUT2D eigenvalue weighted by Crippen LogP contribution is -2.35. The van der Waals surface area contributed by atoms with Gasteiger partial charge in [0.2, 0.25) is 0 Å². The number of hydrogen-bond acceptors (Lipinski definition) is 3. The fourth-order valence-corrected chi connectivity index (χ4v) is 2.93. The van der Waals surface area contributed by atoms with Crippen LogP contribution in [0.4, 0.5) is 0 Å². The molecule has 27 heavy (non-hydrogen) atoms. The Morgan fingerprint density at radius 2 is 2.07 bits per heavy atom. The Morgan fingerprint density at radius 1 is 1.37 bits per heavy atom. The van der Waals surface area contributed by atoms with Crippen LogP contribution in [0.25, 0.3) is 16.3 Å². The van der Waals surface area contributed by atoms with Crippen LogP contribution in [-0.2, 0) is 0 Å². The Bertz CT molecular complexity index is 896. The van der Waals surface area contributed by atoms with Gasteiger partial charge in [0.05, 0.1) is 5.69 Å². The standard InChI is InChI=1S/C23H29N3O/c1-6-9-14-20(24)18(8-3)22-19-13-11-10-12-17(19)15-21(25-22)23(27)26(5)16(4)7-2/h6,8,10-16H,1,7,9,24H2,2-5H3/b18-8+,20-14+. The summed E-state index contributed by atoms with van der Waals surface area (Å²) in [7, 11) is 1.82. The van der Waals surface area contributed by atoms with Gasteiger partial charge >= 0.3 is 0 Å². The van der Waals surface area contributed by atoms with Crippen molar-refractivity contribution in [3.8, 4) is 0 Å². The number of aromatic nitrogens is 1. The number of hydrogen-bond donors (Lipinski definition) is 1. The molecule has 0 spiro atoms. The molecule has 1 aromatic heterocycles. The van der Waals surface area contributed by atoms with Gasteiger partial charge in [0.15, 0.2) is 0 Å². The average molecular weight is 364 g/mol. The molecule has 0 aliphatic rings. The van der Waals surface area contributed by atoms with Crippen LogP contribution in [0.2, 0.25) is 0 Å². The summed E-state index contributed by atoms with van der Waals surface area (Å²) >= 11 is 0. The summed E-state index contributed by atoms with van der Waals surface area (Å²) in [6, 6.07) is 9.94. The van der Waals surface area contributed by atoms with E-state index in [4.69, 9.17) is 10.7 Å². The van der Waals surface area contributed by atoms with Crippen LogP contribution in [-0.4, -0.2) is 28.9 Å². The molecular weight excluding hydrogens is 334 g/mol. The number of benzene rings is 1. The molecule has 2 rings (SSSR count). The third kappa shape index (κ3) is 4.45. The second kappa shape index (κ2) is 9.17. The van der Waals surface area contributed by atoms with Gasteiger partial charge in [0, 0.05) is 29.7 Å². The second-order valence-electron chi connectivity index (χ2n) is 6.64. The maximum atomic E-state index is 13.0. The predicted octanol–water partition coefficient (Wildman–Crippen LogP) is 4.93. The molecule has 0 radical (unpaired) electrons. The average Bonchev–Trinajstić information content (AvgIpc) is 2.70. The van der Waals surface area contributed by atoms with Gasteiger partial charge in [-0.25, -0.2) is 4.98 Å². The van der Waals surface area contributed by atoms with Crippen LogP contribution in [0.5, 0.6) is 0 Å². The first-order valence-corrected chi connectivity index (χ1v) is 9.35. The predicted molar refractivity (Wildman–Crippen MR) is 114 cm³/mol. The number of pyridine rings is 1. The van der Waals surface area contributed by atoms with E-state index in [0.717, 1.165) is 28.5 Å². The number of rotatable bonds is 7. The van der Waals surface area contributed by atoms with Gasteiger partial charge in [-0.05, 0) is 38.1 Å². The molecule has 4 nitrogen and oxygen atoms in total. The van der Waals surface area contributed by atoms with Crippen molar-refractivity contribution in [2.24, 2.45) is 5.73 Å². The molecule has 142 valence electrons. The van der Waals surface area contributed by atoms with Crippen molar-refractivity contribution in [2.45, 2.75) is 39.7 Å². The maximum Gasteiger partial charge on any atom is 0.272 e. The van der Waals surface area contributed by atoms with Gasteiger partial charge in [-0.2, -0.15) is 0 Å².